The molecule has 1 aromatic carbocycles. The van der Waals surface area contributed by atoms with Crippen LogP contribution in [-0.2, 0) is 16.6 Å². The fourth-order valence-corrected chi connectivity index (χ4v) is 3.21. The Balaban J connectivity index is 2.15. The predicted octanol–water partition coefficient (Wildman–Crippen LogP) is 1.55. The van der Waals surface area contributed by atoms with Gasteiger partial charge in [-0.2, -0.15) is 5.26 Å². The van der Waals surface area contributed by atoms with Crippen molar-refractivity contribution in [1.82, 2.24) is 0 Å². The summed E-state index contributed by atoms with van der Waals surface area (Å²) in [5.41, 5.74) is 0.388. The molecule has 1 aromatic rings. The quantitative estimate of drug-likeness (QED) is 0.794. The van der Waals surface area contributed by atoms with Gasteiger partial charge in [0.15, 0.2) is 0 Å². The number of hydrogen-bond donors (Lipinski definition) is 1. The minimum absolute atomic E-state index is 0.273. The molecule has 2 atom stereocenters. The normalized spacial score (nSPS) is 35.5. The molecule has 0 spiro atoms. The number of benzene rings is 1. The molecule has 0 radical (unpaired) electrons. The van der Waals surface area contributed by atoms with Gasteiger partial charge in [-0.15, -0.1) is 0 Å². The van der Waals surface area contributed by atoms with Gasteiger partial charge in [0, 0.05) is 13.0 Å². The molecule has 3 rings (SSSR count). The molecule has 0 bridgehead atoms. The maximum atomic E-state index is 10.7. The third-order valence-corrected chi connectivity index (χ3v) is 4.23. The van der Waals surface area contributed by atoms with E-state index in [9.17, 15) is 10.4 Å². The van der Waals surface area contributed by atoms with Gasteiger partial charge in [-0.05, 0) is 24.0 Å². The van der Waals surface area contributed by atoms with Gasteiger partial charge in [0.05, 0.1) is 12.7 Å². The van der Waals surface area contributed by atoms with Gasteiger partial charge < -0.3 is 9.84 Å². The molecule has 1 N–H and O–H groups in total. The van der Waals surface area contributed by atoms with Crippen molar-refractivity contribution in [3.8, 4) is 6.07 Å². The van der Waals surface area contributed by atoms with E-state index in [1.165, 1.54) is 5.56 Å². The standard InChI is InChI=1S/C14H15NO2/c15-9-13(14(16)7-8-17-10-14)6-5-11-3-1-2-4-12(11)13/h1-4,16H,5-8,10H2. The highest BCUT2D eigenvalue weighted by Gasteiger charge is 2.56. The highest BCUT2D eigenvalue weighted by molar-refractivity contribution is 5.47. The number of nitrogens with zero attached hydrogens (tertiary/aromatic N) is 1. The zero-order valence-electron chi connectivity index (χ0n) is 9.65. The second-order valence-corrected chi connectivity index (χ2v) is 5.01. The zero-order chi connectivity index (χ0) is 11.9. The topological polar surface area (TPSA) is 53.2 Å². The second kappa shape index (κ2) is 3.56. The summed E-state index contributed by atoms with van der Waals surface area (Å²) in [5.74, 6) is 0. The number of rotatable bonds is 1. The predicted molar refractivity (Wildman–Crippen MR) is 62.4 cm³/mol. The Morgan fingerprint density at radius 2 is 2.12 bits per heavy atom. The van der Waals surface area contributed by atoms with Crippen LogP contribution < -0.4 is 0 Å². The molecule has 1 aliphatic heterocycles. The molecule has 0 amide bonds. The first-order valence-corrected chi connectivity index (χ1v) is 6.02. The third kappa shape index (κ3) is 1.28. The number of fused-ring (bicyclic) bond motifs is 1. The Kier molecular flexibility index (Phi) is 2.25. The molecular weight excluding hydrogens is 214 g/mol. The van der Waals surface area contributed by atoms with Crippen molar-refractivity contribution >= 4 is 0 Å². The molecule has 0 saturated carbocycles. The van der Waals surface area contributed by atoms with Gasteiger partial charge in [0.25, 0.3) is 0 Å². The van der Waals surface area contributed by atoms with E-state index in [-0.39, 0.29) is 6.61 Å². The van der Waals surface area contributed by atoms with Gasteiger partial charge in [-0.3, -0.25) is 0 Å². The summed E-state index contributed by atoms with van der Waals surface area (Å²) in [6, 6.07) is 10.3. The minimum Gasteiger partial charge on any atom is -0.385 e. The largest absolute Gasteiger partial charge is 0.385 e. The third-order valence-electron chi connectivity index (χ3n) is 4.23. The summed E-state index contributed by atoms with van der Waals surface area (Å²) in [5, 5.41) is 20.4. The number of hydrogen-bond acceptors (Lipinski definition) is 3. The smallest absolute Gasteiger partial charge is 0.114 e. The fourth-order valence-electron chi connectivity index (χ4n) is 3.21. The summed E-state index contributed by atoms with van der Waals surface area (Å²) in [6.45, 7) is 0.816. The van der Waals surface area contributed by atoms with Crippen molar-refractivity contribution in [3.63, 3.8) is 0 Å². The Hall–Kier alpha value is -1.37. The van der Waals surface area contributed by atoms with E-state index in [1.807, 2.05) is 24.3 Å². The second-order valence-electron chi connectivity index (χ2n) is 5.01. The van der Waals surface area contributed by atoms with Crippen molar-refractivity contribution in [2.45, 2.75) is 30.3 Å². The summed E-state index contributed by atoms with van der Waals surface area (Å²) in [7, 11) is 0. The molecule has 3 heteroatoms. The molecular formula is C14H15NO2. The molecule has 2 aliphatic rings. The lowest BCUT2D eigenvalue weighted by atomic mass is 9.68. The summed E-state index contributed by atoms with van der Waals surface area (Å²) in [6.07, 6.45) is 2.11. The number of aryl methyl sites for hydroxylation is 1. The Bertz CT molecular complexity index is 485. The maximum Gasteiger partial charge on any atom is 0.114 e. The monoisotopic (exact) mass is 229 g/mol. The highest BCUT2D eigenvalue weighted by atomic mass is 16.5. The van der Waals surface area contributed by atoms with Gasteiger partial charge in [-0.25, -0.2) is 0 Å². The van der Waals surface area contributed by atoms with Crippen molar-refractivity contribution in [2.75, 3.05) is 13.2 Å². The maximum absolute atomic E-state index is 10.7. The average molecular weight is 229 g/mol. The number of ether oxygens (including phenoxy) is 1. The Labute approximate surface area is 101 Å². The SMILES string of the molecule is N#CC1(C2(O)CCOC2)CCc2ccccc21. The van der Waals surface area contributed by atoms with Crippen molar-refractivity contribution in [2.24, 2.45) is 0 Å². The van der Waals surface area contributed by atoms with Crippen LogP contribution in [0.25, 0.3) is 0 Å². The van der Waals surface area contributed by atoms with E-state index in [0.717, 1.165) is 12.0 Å². The molecule has 1 fully saturated rings. The van der Waals surface area contributed by atoms with E-state index in [1.54, 1.807) is 0 Å². The van der Waals surface area contributed by atoms with E-state index in [0.29, 0.717) is 19.4 Å². The lowest BCUT2D eigenvalue weighted by molar-refractivity contribution is -0.0234. The summed E-state index contributed by atoms with van der Waals surface area (Å²) < 4.78 is 5.31. The van der Waals surface area contributed by atoms with Gasteiger partial charge in [-0.1, -0.05) is 24.3 Å². The molecule has 1 saturated heterocycles. The van der Waals surface area contributed by atoms with Gasteiger partial charge in [0.1, 0.15) is 11.0 Å². The van der Waals surface area contributed by atoms with Crippen LogP contribution in [0.15, 0.2) is 24.3 Å². The van der Waals surface area contributed by atoms with Crippen LogP contribution in [0.2, 0.25) is 0 Å². The Morgan fingerprint density at radius 3 is 2.82 bits per heavy atom. The zero-order valence-corrected chi connectivity index (χ0v) is 9.65. The van der Waals surface area contributed by atoms with Crippen LogP contribution >= 0.6 is 0 Å². The first-order valence-electron chi connectivity index (χ1n) is 6.02. The van der Waals surface area contributed by atoms with Crippen LogP contribution in [0.3, 0.4) is 0 Å². The molecule has 0 aromatic heterocycles. The molecule has 17 heavy (non-hydrogen) atoms. The molecule has 88 valence electrons. The first-order chi connectivity index (χ1) is 8.22. The Morgan fingerprint density at radius 1 is 1.29 bits per heavy atom. The average Bonchev–Trinajstić information content (AvgIpc) is 2.95. The molecule has 2 unspecified atom stereocenters. The lowest BCUT2D eigenvalue weighted by Crippen LogP contribution is -2.50. The van der Waals surface area contributed by atoms with E-state index < -0.39 is 11.0 Å². The van der Waals surface area contributed by atoms with Crippen LogP contribution in [0.4, 0.5) is 0 Å². The van der Waals surface area contributed by atoms with Crippen molar-refractivity contribution < 1.29 is 9.84 Å². The van der Waals surface area contributed by atoms with E-state index in [2.05, 4.69) is 6.07 Å². The summed E-state index contributed by atoms with van der Waals surface area (Å²) in [4.78, 5) is 0. The number of aliphatic hydroxyl groups is 1. The van der Waals surface area contributed by atoms with E-state index >= 15 is 0 Å². The first kappa shape index (κ1) is 10.8. The lowest BCUT2D eigenvalue weighted by Gasteiger charge is -2.36. The van der Waals surface area contributed by atoms with Crippen molar-refractivity contribution in [1.29, 1.82) is 5.26 Å². The van der Waals surface area contributed by atoms with Gasteiger partial charge in [0.2, 0.25) is 0 Å². The fraction of sp³-hybridized carbons (Fsp3) is 0.500. The summed E-state index contributed by atoms with van der Waals surface area (Å²) >= 11 is 0. The van der Waals surface area contributed by atoms with Gasteiger partial charge >= 0.3 is 0 Å². The van der Waals surface area contributed by atoms with Crippen LogP contribution in [0, 0.1) is 11.3 Å². The molecule has 3 nitrogen and oxygen atoms in total. The van der Waals surface area contributed by atoms with Crippen LogP contribution in [0.5, 0.6) is 0 Å². The van der Waals surface area contributed by atoms with E-state index in [4.69, 9.17) is 4.74 Å². The van der Waals surface area contributed by atoms with Crippen LogP contribution in [0.1, 0.15) is 24.0 Å². The number of nitriles is 1. The molecule has 1 aliphatic carbocycles. The minimum atomic E-state index is -1.02. The van der Waals surface area contributed by atoms with Crippen LogP contribution in [-0.4, -0.2) is 23.9 Å². The molecule has 1 heterocycles. The van der Waals surface area contributed by atoms with Crippen molar-refractivity contribution in [3.05, 3.63) is 35.4 Å². The highest BCUT2D eigenvalue weighted by Crippen LogP contribution is 2.48.